The van der Waals surface area contributed by atoms with E-state index in [9.17, 15) is 0 Å². The molecule has 2 heterocycles. The fourth-order valence-electron chi connectivity index (χ4n) is 1.82. The van der Waals surface area contributed by atoms with E-state index in [1.165, 1.54) is 0 Å². The van der Waals surface area contributed by atoms with Crippen LogP contribution in [0.15, 0.2) is 18.5 Å². The quantitative estimate of drug-likeness (QED) is 0.878. The standard InChI is InChI=1S/C13H19N5/c1-4-6-11-7-12(14-5-2)17-13(16-11)10-8-15-18(3)9-10/h7-9H,4-6H2,1-3H3,(H,14,16,17). The molecule has 0 bridgehead atoms. The third-order valence-corrected chi connectivity index (χ3v) is 2.61. The molecule has 2 aromatic heterocycles. The molecule has 0 aromatic carbocycles. The van der Waals surface area contributed by atoms with Gasteiger partial charge < -0.3 is 5.32 Å². The van der Waals surface area contributed by atoms with Gasteiger partial charge in [-0.15, -0.1) is 0 Å². The van der Waals surface area contributed by atoms with E-state index in [2.05, 4.69) is 34.2 Å². The van der Waals surface area contributed by atoms with Crippen molar-refractivity contribution >= 4 is 5.82 Å². The van der Waals surface area contributed by atoms with Crippen LogP contribution in [-0.2, 0) is 13.5 Å². The molecule has 96 valence electrons. The van der Waals surface area contributed by atoms with Crippen molar-refractivity contribution in [3.8, 4) is 11.4 Å². The van der Waals surface area contributed by atoms with E-state index >= 15 is 0 Å². The second-order valence-corrected chi connectivity index (χ2v) is 4.25. The van der Waals surface area contributed by atoms with Gasteiger partial charge in [0.15, 0.2) is 5.82 Å². The number of rotatable bonds is 5. The van der Waals surface area contributed by atoms with E-state index in [4.69, 9.17) is 0 Å². The van der Waals surface area contributed by atoms with Crippen molar-refractivity contribution in [2.24, 2.45) is 7.05 Å². The molecule has 0 amide bonds. The summed E-state index contributed by atoms with van der Waals surface area (Å²) in [5, 5.41) is 7.41. The van der Waals surface area contributed by atoms with Crippen LogP contribution in [0.25, 0.3) is 11.4 Å². The Hall–Kier alpha value is -1.91. The number of aromatic nitrogens is 4. The highest BCUT2D eigenvalue weighted by molar-refractivity contribution is 5.55. The summed E-state index contributed by atoms with van der Waals surface area (Å²) in [5.41, 5.74) is 2.02. The van der Waals surface area contributed by atoms with Crippen LogP contribution in [0.2, 0.25) is 0 Å². The van der Waals surface area contributed by atoms with Gasteiger partial charge in [0.05, 0.1) is 11.8 Å². The number of nitrogens with one attached hydrogen (secondary N) is 1. The Kier molecular flexibility index (Phi) is 3.92. The molecule has 0 aliphatic carbocycles. The van der Waals surface area contributed by atoms with Crippen LogP contribution in [0.1, 0.15) is 26.0 Å². The van der Waals surface area contributed by atoms with Gasteiger partial charge in [0, 0.05) is 31.5 Å². The van der Waals surface area contributed by atoms with Gasteiger partial charge in [-0.05, 0) is 13.3 Å². The summed E-state index contributed by atoms with van der Waals surface area (Å²) < 4.78 is 1.76. The first-order valence-corrected chi connectivity index (χ1v) is 6.33. The highest BCUT2D eigenvalue weighted by atomic mass is 15.2. The van der Waals surface area contributed by atoms with Crippen LogP contribution < -0.4 is 5.32 Å². The molecule has 0 saturated carbocycles. The highest BCUT2D eigenvalue weighted by Gasteiger charge is 2.08. The summed E-state index contributed by atoms with van der Waals surface area (Å²) in [4.78, 5) is 9.10. The zero-order valence-corrected chi connectivity index (χ0v) is 11.1. The van der Waals surface area contributed by atoms with Crippen molar-refractivity contribution in [2.45, 2.75) is 26.7 Å². The third-order valence-electron chi connectivity index (χ3n) is 2.61. The molecule has 0 radical (unpaired) electrons. The van der Waals surface area contributed by atoms with Crippen molar-refractivity contribution < 1.29 is 0 Å². The monoisotopic (exact) mass is 245 g/mol. The number of nitrogens with zero attached hydrogens (tertiary/aromatic N) is 4. The number of hydrogen-bond donors (Lipinski definition) is 1. The fourth-order valence-corrected chi connectivity index (χ4v) is 1.82. The summed E-state index contributed by atoms with van der Waals surface area (Å²) in [6.45, 7) is 5.07. The smallest absolute Gasteiger partial charge is 0.164 e. The zero-order chi connectivity index (χ0) is 13.0. The summed E-state index contributed by atoms with van der Waals surface area (Å²) in [7, 11) is 1.89. The Morgan fingerprint density at radius 3 is 2.72 bits per heavy atom. The van der Waals surface area contributed by atoms with Crippen molar-refractivity contribution in [3.05, 3.63) is 24.2 Å². The van der Waals surface area contributed by atoms with E-state index in [-0.39, 0.29) is 0 Å². The molecule has 18 heavy (non-hydrogen) atoms. The lowest BCUT2D eigenvalue weighted by Gasteiger charge is -2.07. The first-order valence-electron chi connectivity index (χ1n) is 6.33. The van der Waals surface area contributed by atoms with Crippen LogP contribution in [0.3, 0.4) is 0 Å². The summed E-state index contributed by atoms with van der Waals surface area (Å²) in [5.74, 6) is 1.62. The summed E-state index contributed by atoms with van der Waals surface area (Å²) in [6.07, 6.45) is 5.77. The van der Waals surface area contributed by atoms with Gasteiger partial charge in [0.1, 0.15) is 5.82 Å². The van der Waals surface area contributed by atoms with Crippen molar-refractivity contribution in [2.75, 3.05) is 11.9 Å². The van der Waals surface area contributed by atoms with Gasteiger partial charge in [-0.1, -0.05) is 13.3 Å². The van der Waals surface area contributed by atoms with Crippen molar-refractivity contribution in [1.82, 2.24) is 19.7 Å². The van der Waals surface area contributed by atoms with Gasteiger partial charge in [0.25, 0.3) is 0 Å². The lowest BCUT2D eigenvalue weighted by atomic mass is 10.2. The molecular formula is C13H19N5. The third kappa shape index (κ3) is 2.85. The normalized spacial score (nSPS) is 10.6. The minimum atomic E-state index is 0.741. The Labute approximate surface area is 107 Å². The maximum atomic E-state index is 4.58. The van der Waals surface area contributed by atoms with Crippen LogP contribution in [-0.4, -0.2) is 26.3 Å². The van der Waals surface area contributed by atoms with Crippen LogP contribution in [0.5, 0.6) is 0 Å². The largest absolute Gasteiger partial charge is 0.370 e. The molecule has 0 aliphatic heterocycles. The Morgan fingerprint density at radius 1 is 1.28 bits per heavy atom. The molecule has 1 N–H and O–H groups in total. The minimum Gasteiger partial charge on any atom is -0.370 e. The number of hydrogen-bond acceptors (Lipinski definition) is 4. The molecule has 0 spiro atoms. The Balaban J connectivity index is 2.39. The molecule has 2 rings (SSSR count). The van der Waals surface area contributed by atoms with Gasteiger partial charge in [-0.2, -0.15) is 5.10 Å². The van der Waals surface area contributed by atoms with Gasteiger partial charge in [-0.3, -0.25) is 4.68 Å². The first kappa shape index (κ1) is 12.5. The van der Waals surface area contributed by atoms with Gasteiger partial charge >= 0.3 is 0 Å². The molecule has 5 heteroatoms. The molecule has 5 nitrogen and oxygen atoms in total. The number of anilines is 1. The summed E-state index contributed by atoms with van der Waals surface area (Å²) >= 11 is 0. The predicted octanol–water partition coefficient (Wildman–Crippen LogP) is 2.26. The molecule has 0 unspecified atom stereocenters. The lowest BCUT2D eigenvalue weighted by Crippen LogP contribution is -2.04. The predicted molar refractivity (Wildman–Crippen MR) is 72.4 cm³/mol. The average Bonchev–Trinajstić information content (AvgIpc) is 2.76. The van der Waals surface area contributed by atoms with Crippen LogP contribution >= 0.6 is 0 Å². The maximum Gasteiger partial charge on any atom is 0.164 e. The van der Waals surface area contributed by atoms with Crippen molar-refractivity contribution in [1.29, 1.82) is 0 Å². The van der Waals surface area contributed by atoms with E-state index < -0.39 is 0 Å². The average molecular weight is 245 g/mol. The summed E-state index contributed by atoms with van der Waals surface area (Å²) in [6, 6.07) is 2.02. The Bertz CT molecular complexity index is 494. The topological polar surface area (TPSA) is 55.6 Å². The first-order chi connectivity index (χ1) is 8.72. The Morgan fingerprint density at radius 2 is 2.11 bits per heavy atom. The van der Waals surface area contributed by atoms with Crippen molar-refractivity contribution in [3.63, 3.8) is 0 Å². The van der Waals surface area contributed by atoms with Gasteiger partial charge in [0.2, 0.25) is 0 Å². The lowest BCUT2D eigenvalue weighted by molar-refractivity contribution is 0.768. The fraction of sp³-hybridized carbons (Fsp3) is 0.462. The van der Waals surface area contributed by atoms with Crippen LogP contribution in [0.4, 0.5) is 5.82 Å². The molecule has 0 fully saturated rings. The second-order valence-electron chi connectivity index (χ2n) is 4.25. The second kappa shape index (κ2) is 5.62. The van der Waals surface area contributed by atoms with Crippen LogP contribution in [0, 0.1) is 0 Å². The molecule has 0 aliphatic rings. The highest BCUT2D eigenvalue weighted by Crippen LogP contribution is 2.17. The minimum absolute atomic E-state index is 0.741. The molecular weight excluding hydrogens is 226 g/mol. The molecule has 0 atom stereocenters. The van der Waals surface area contributed by atoms with E-state index in [0.29, 0.717) is 0 Å². The SMILES string of the molecule is CCCc1cc(NCC)nc(-c2cnn(C)c2)n1. The number of aryl methyl sites for hydroxylation is 2. The molecule has 0 saturated heterocycles. The van der Waals surface area contributed by atoms with E-state index in [1.54, 1.807) is 10.9 Å². The maximum absolute atomic E-state index is 4.58. The zero-order valence-electron chi connectivity index (χ0n) is 11.1. The van der Waals surface area contributed by atoms with E-state index in [1.807, 2.05) is 19.3 Å². The van der Waals surface area contributed by atoms with Gasteiger partial charge in [-0.25, -0.2) is 9.97 Å². The van der Waals surface area contributed by atoms with E-state index in [0.717, 1.165) is 42.3 Å². The molecule has 2 aromatic rings.